The van der Waals surface area contributed by atoms with Gasteiger partial charge in [0, 0.05) is 0 Å². The summed E-state index contributed by atoms with van der Waals surface area (Å²) in [7, 11) is 7.25. The van der Waals surface area contributed by atoms with E-state index in [1.165, 1.54) is 35.9 Å². The molecule has 0 radical (unpaired) electrons. The molecule has 1 aliphatic rings. The molecule has 0 aliphatic heterocycles. The van der Waals surface area contributed by atoms with E-state index in [4.69, 9.17) is 5.41 Å². The van der Waals surface area contributed by atoms with Gasteiger partial charge in [-0.05, 0) is 0 Å². The molecule has 0 unspecified atom stereocenters. The predicted molar refractivity (Wildman–Crippen MR) is 130 cm³/mol. The first-order valence-electron chi connectivity index (χ1n) is 10.1. The van der Waals surface area contributed by atoms with Crippen molar-refractivity contribution in [3.05, 3.63) is 70.1 Å². The van der Waals surface area contributed by atoms with Crippen LogP contribution in [0.15, 0.2) is 38.8 Å². The molecule has 3 aromatic rings. The molecule has 0 atom stereocenters. The van der Waals surface area contributed by atoms with E-state index in [-0.39, 0.29) is 30.6 Å². The molecule has 164 valence electrons. The molecule has 1 N–H and O–H groups in total. The summed E-state index contributed by atoms with van der Waals surface area (Å²) in [5.74, 6) is 2.57. The van der Waals surface area contributed by atoms with E-state index in [9.17, 15) is 9.59 Å². The number of anilines is 1. The molecule has 0 bridgehead atoms. The minimum absolute atomic E-state index is 0.0125. The van der Waals surface area contributed by atoms with Crippen LogP contribution in [-0.4, -0.2) is 49.9 Å². The van der Waals surface area contributed by atoms with E-state index >= 15 is 0 Å². The van der Waals surface area contributed by atoms with E-state index in [0.29, 0.717) is 0 Å². The van der Waals surface area contributed by atoms with Gasteiger partial charge in [0.05, 0.1) is 0 Å². The van der Waals surface area contributed by atoms with E-state index in [2.05, 4.69) is 53.9 Å². The first-order valence-corrected chi connectivity index (χ1v) is 11.8. The third kappa shape index (κ3) is 3.28. The zero-order chi connectivity index (χ0) is 23.4. The Kier molecular flexibility index (Phi) is 5.33. The average Bonchev–Trinajstić information content (AvgIpc) is 3.27. The fraction of sp³-hybridized carbons (Fsp3) is 0.292. The quantitative estimate of drug-likeness (QED) is 0.323. The van der Waals surface area contributed by atoms with Crippen molar-refractivity contribution in [1.29, 1.82) is 5.41 Å². The molecule has 32 heavy (non-hydrogen) atoms. The predicted octanol–water partition coefficient (Wildman–Crippen LogP) is 0.290. The van der Waals surface area contributed by atoms with Crippen LogP contribution in [0.4, 0.5) is 5.69 Å². The third-order valence-electron chi connectivity index (χ3n) is 6.02. The molecule has 4 rings (SSSR count). The molecule has 2 heterocycles. The van der Waals surface area contributed by atoms with Crippen LogP contribution in [0.2, 0.25) is 0 Å². The van der Waals surface area contributed by atoms with Gasteiger partial charge in [-0.25, -0.2) is 0 Å². The van der Waals surface area contributed by atoms with Gasteiger partial charge in [0.2, 0.25) is 0 Å². The van der Waals surface area contributed by atoms with Gasteiger partial charge >= 0.3 is 192 Å². The molecular formula is C24H25N5O2Se. The van der Waals surface area contributed by atoms with Gasteiger partial charge in [-0.1, -0.05) is 0 Å². The number of aliphatic imine (C=N–C) groups is 1. The second kappa shape index (κ2) is 7.75. The Labute approximate surface area is 191 Å². The van der Waals surface area contributed by atoms with Crippen molar-refractivity contribution in [2.24, 2.45) is 19.1 Å². The second-order valence-electron chi connectivity index (χ2n) is 8.62. The van der Waals surface area contributed by atoms with Crippen molar-refractivity contribution >= 4 is 38.5 Å². The Morgan fingerprint density at radius 3 is 2.34 bits per heavy atom. The molecule has 0 spiro atoms. The van der Waals surface area contributed by atoms with Crippen molar-refractivity contribution in [3.63, 3.8) is 0 Å². The van der Waals surface area contributed by atoms with Crippen LogP contribution in [0.1, 0.15) is 28.3 Å². The molecule has 0 amide bonds. The summed E-state index contributed by atoms with van der Waals surface area (Å²) >= 11 is 0.0125. The van der Waals surface area contributed by atoms with Crippen LogP contribution < -0.4 is 26.7 Å². The summed E-state index contributed by atoms with van der Waals surface area (Å²) in [4.78, 5) is 31.6. The topological polar surface area (TPSA) is 83.4 Å². The molecule has 8 heteroatoms. The molecule has 1 aromatic carbocycles. The van der Waals surface area contributed by atoms with Crippen LogP contribution in [-0.2, 0) is 19.5 Å². The van der Waals surface area contributed by atoms with Crippen LogP contribution in [0.5, 0.6) is 0 Å². The first kappa shape index (κ1) is 22.0. The maximum atomic E-state index is 12.9. The minimum atomic E-state index is -0.394. The van der Waals surface area contributed by atoms with Gasteiger partial charge in [-0.2, -0.15) is 0 Å². The Morgan fingerprint density at radius 2 is 1.75 bits per heavy atom. The van der Waals surface area contributed by atoms with Gasteiger partial charge < -0.3 is 0 Å². The summed E-state index contributed by atoms with van der Waals surface area (Å²) < 4.78 is 5.06. The maximum absolute atomic E-state index is 12.9. The van der Waals surface area contributed by atoms with Gasteiger partial charge in [-0.3, -0.25) is 0 Å². The summed E-state index contributed by atoms with van der Waals surface area (Å²) in [5.41, 5.74) is 4.29. The molecular weight excluding hydrogens is 469 g/mol. The molecule has 1 aliphatic carbocycles. The fourth-order valence-corrected chi connectivity index (χ4v) is 6.79. The summed E-state index contributed by atoms with van der Waals surface area (Å²) in [6.45, 7) is 4.49. The van der Waals surface area contributed by atoms with E-state index < -0.39 is 11.1 Å². The van der Waals surface area contributed by atoms with Gasteiger partial charge in [0.15, 0.2) is 0 Å². The number of hydrogen-bond acceptors (Lipinski definition) is 4. The first-order chi connectivity index (χ1) is 15.1. The van der Waals surface area contributed by atoms with Crippen LogP contribution in [0.3, 0.4) is 0 Å². The number of nitrogens with one attached hydrogen (secondary N) is 1. The Morgan fingerprint density at radius 1 is 1.09 bits per heavy atom. The molecule has 7 nitrogen and oxygen atoms in total. The van der Waals surface area contributed by atoms with Crippen molar-refractivity contribution in [1.82, 2.24) is 9.13 Å². The SMILES string of the molecule is CN(C)c1ccc2c(c1)C(C)(C)c1[se]c(C=c3c(=O)n(C)c(=C=NC=N)n(C)c3=O)cc1-2. The van der Waals surface area contributed by atoms with E-state index in [0.717, 1.165) is 10.8 Å². The number of nitrogens with zero attached hydrogens (tertiary/aromatic N) is 4. The Hall–Kier alpha value is -3.18. The van der Waals surface area contributed by atoms with Gasteiger partial charge in [-0.15, -0.1) is 0 Å². The third-order valence-corrected chi connectivity index (χ3v) is 8.97. The number of hydrogen-bond donors (Lipinski definition) is 1. The standard InChI is InChI=1S/C24H25N5O2Se/c1-24(2)19-9-14(27(3)4)7-8-16(19)17-10-15(32-21(17)24)11-18-22(30)28(5)20(12-26-13-25)29(6)23(18)31/h7-11,13,25H,1-6H3. The number of benzene rings is 1. The molecule has 0 fully saturated rings. The van der Waals surface area contributed by atoms with E-state index in [1.54, 1.807) is 20.2 Å². The zero-order valence-corrected chi connectivity index (χ0v) is 20.7. The number of fused-ring (bicyclic) bond motifs is 3. The van der Waals surface area contributed by atoms with Crippen LogP contribution in [0, 0.1) is 5.41 Å². The van der Waals surface area contributed by atoms with Crippen LogP contribution >= 0.6 is 0 Å². The van der Waals surface area contributed by atoms with E-state index in [1.807, 2.05) is 14.1 Å². The number of aromatic nitrogens is 2. The van der Waals surface area contributed by atoms with Crippen molar-refractivity contribution in [2.75, 3.05) is 19.0 Å². The fourth-order valence-electron chi connectivity index (χ4n) is 4.21. The molecule has 2 aromatic heterocycles. The average molecular weight is 494 g/mol. The normalized spacial score (nSPS) is 13.2. The second-order valence-corrected chi connectivity index (χ2v) is 10.9. The summed E-state index contributed by atoms with van der Waals surface area (Å²) in [6, 6.07) is 8.70. The summed E-state index contributed by atoms with van der Waals surface area (Å²) in [5, 5.41) is 7.15. The molecule has 0 saturated carbocycles. The number of rotatable bonds is 3. The van der Waals surface area contributed by atoms with Gasteiger partial charge in [0.1, 0.15) is 0 Å². The monoisotopic (exact) mass is 495 g/mol. The Balaban J connectivity index is 1.94. The van der Waals surface area contributed by atoms with Crippen molar-refractivity contribution in [2.45, 2.75) is 19.3 Å². The summed E-state index contributed by atoms with van der Waals surface area (Å²) in [6.07, 6.45) is 2.56. The van der Waals surface area contributed by atoms with Crippen molar-refractivity contribution in [3.8, 4) is 11.1 Å². The zero-order valence-electron chi connectivity index (χ0n) is 19.0. The molecule has 0 saturated heterocycles. The van der Waals surface area contributed by atoms with Gasteiger partial charge in [0.25, 0.3) is 0 Å². The Bertz CT molecular complexity index is 1500. The van der Waals surface area contributed by atoms with Crippen molar-refractivity contribution < 1.29 is 0 Å². The van der Waals surface area contributed by atoms with Crippen LogP contribution in [0.25, 0.3) is 17.2 Å².